The van der Waals surface area contributed by atoms with Crippen LogP contribution in [0.2, 0.25) is 0 Å². The summed E-state index contributed by atoms with van der Waals surface area (Å²) in [6.07, 6.45) is 2.41. The van der Waals surface area contributed by atoms with Gasteiger partial charge in [0.2, 0.25) is 0 Å². The number of Topliss-reactive ketones (excluding diaryl/α,β-unsaturated/α-hetero) is 1. The molecule has 5 heterocycles. The van der Waals surface area contributed by atoms with Gasteiger partial charge in [-0.3, -0.25) is 49.2 Å². The number of aromatic nitrogens is 4. The van der Waals surface area contributed by atoms with Crippen molar-refractivity contribution in [3.05, 3.63) is 290 Å². The topological polar surface area (TPSA) is 346 Å². The molecule has 27 nitrogen and oxygen atoms in total. The largest absolute Gasteiger partial charge is 0.496 e. The summed E-state index contributed by atoms with van der Waals surface area (Å²) in [5.74, 6) is -4.25. The first kappa shape index (κ1) is 91.5. The normalized spacial score (nSPS) is 11.9. The first-order valence-electron chi connectivity index (χ1n) is 41.5. The fourth-order valence-electron chi connectivity index (χ4n) is 16.0. The highest BCUT2D eigenvalue weighted by atomic mass is 16.5. The van der Waals surface area contributed by atoms with Crippen LogP contribution in [0.1, 0.15) is 50.8 Å². The maximum Gasteiger partial charge on any atom is 0.373 e. The molecular weight excluding hydrogens is 1620 g/mol. The van der Waals surface area contributed by atoms with Crippen molar-refractivity contribution in [3.8, 4) is 5.75 Å². The molecule has 0 aliphatic carbocycles. The number of hydrazone groups is 1. The first-order valence-corrected chi connectivity index (χ1v) is 41.5. The molecule has 650 valence electrons. The number of pyridine rings is 4. The summed E-state index contributed by atoms with van der Waals surface area (Å²) in [4.78, 5) is 107. The van der Waals surface area contributed by atoms with Crippen LogP contribution in [0.5, 0.6) is 5.75 Å². The number of hydrogen-bond donors (Lipinski definition) is 6. The number of para-hydroxylation sites is 8. The molecule has 0 amide bonds. The maximum absolute atomic E-state index is 12.1. The Morgan fingerprint density at radius 2 is 0.750 bits per heavy atom. The minimum absolute atomic E-state index is 0.0318. The van der Waals surface area contributed by atoms with E-state index < -0.39 is 29.8 Å². The predicted octanol–water partition coefficient (Wildman–Crippen LogP) is 17.9. The Balaban J connectivity index is 0.000000145. The molecule has 17 rings (SSSR count). The number of hydrogen-bond acceptors (Lipinski definition) is 22. The minimum Gasteiger partial charge on any atom is -0.496 e. The van der Waals surface area contributed by atoms with E-state index >= 15 is 0 Å². The van der Waals surface area contributed by atoms with Crippen LogP contribution in [0.15, 0.2) is 278 Å². The van der Waals surface area contributed by atoms with E-state index in [0.717, 1.165) is 134 Å². The molecular formula is C101H97N13O14. The van der Waals surface area contributed by atoms with Crippen molar-refractivity contribution in [1.82, 2.24) is 35.0 Å². The Kier molecular flexibility index (Phi) is 30.8. The Bertz CT molecular complexity index is 6440. The van der Waals surface area contributed by atoms with E-state index in [4.69, 9.17) is 24.3 Å². The summed E-state index contributed by atoms with van der Waals surface area (Å²) in [5.41, 5.74) is 18.0. The predicted molar refractivity (Wildman–Crippen MR) is 506 cm³/mol. The van der Waals surface area contributed by atoms with E-state index in [0.29, 0.717) is 37.4 Å². The van der Waals surface area contributed by atoms with Crippen molar-refractivity contribution < 1.29 is 68.6 Å². The number of nitrogens with zero attached hydrogens (tertiary/aromatic N) is 12. The standard InChI is InChI=1S/C23H21N3O.C21H19N3O3.2C19H19N3O4.C18H19N.CO2/c1-15-12-16(2)19(22(13-15)27-3)14-24-26-23-17-8-4-6-10-20(17)25-21-11-7-5-9-18(21)23;1-14-10-15(25)12-23(11-14)24(13-20(26)27)21-16-6-2-4-8-18(16)22-19-9-5-3-7-17(19)21;2*1-2-21(11-17(23)24)22(12-18(25)26)19-13-7-3-5-9-15(13)20-16-10-6-4-8-14(16)19;1-3-19(4-2)18-16-11-7-5-9-14(16)13-15-10-6-8-12-17(15)18;2-1-3/h4-14H,1-3H3,(H,25,26);2-9H,1,10-13H2,(H,26,27);2*3-10H,2,11-12H2,1H3,(H,23,24)(H,25,26);5-13H,3-4H2,1-2H3;/b24-14+;;;;;. The molecule has 1 fully saturated rings. The number of methoxy groups -OCH3 is 1. The third kappa shape index (κ3) is 21.7. The molecule has 6 N–H and O–H groups in total. The number of ether oxygens (including phenoxy) is 1. The van der Waals surface area contributed by atoms with E-state index in [1.165, 1.54) is 52.8 Å². The molecule has 27 heteroatoms. The van der Waals surface area contributed by atoms with Crippen molar-refractivity contribution >= 4 is 185 Å². The Labute approximate surface area is 737 Å². The Morgan fingerprint density at radius 3 is 1.08 bits per heavy atom. The van der Waals surface area contributed by atoms with Gasteiger partial charge < -0.3 is 35.2 Å². The lowest BCUT2D eigenvalue weighted by Gasteiger charge is -2.39. The number of carbonyl (C=O) groups is 6. The number of carboxylic acids is 5. The molecule has 0 spiro atoms. The molecule has 4 aromatic heterocycles. The number of nitrogens with one attached hydrogen (secondary N) is 1. The van der Waals surface area contributed by atoms with Gasteiger partial charge in [-0.25, -0.2) is 35.0 Å². The molecule has 0 bridgehead atoms. The zero-order valence-corrected chi connectivity index (χ0v) is 71.9. The third-order valence-corrected chi connectivity index (χ3v) is 21.4. The van der Waals surface area contributed by atoms with Crippen LogP contribution in [0.4, 0.5) is 28.4 Å². The van der Waals surface area contributed by atoms with Crippen LogP contribution >= 0.6 is 0 Å². The van der Waals surface area contributed by atoms with Gasteiger partial charge in [-0.2, -0.15) is 14.7 Å². The summed E-state index contributed by atoms with van der Waals surface area (Å²) in [7, 11) is 1.68. The van der Waals surface area contributed by atoms with Crippen LogP contribution in [-0.2, 0) is 38.4 Å². The van der Waals surface area contributed by atoms with Crippen molar-refractivity contribution in [1.29, 1.82) is 0 Å². The van der Waals surface area contributed by atoms with Crippen LogP contribution in [-0.4, -0.2) is 188 Å². The van der Waals surface area contributed by atoms with Gasteiger partial charge in [0.1, 0.15) is 38.5 Å². The lowest BCUT2D eigenvalue weighted by atomic mass is 10.00. The molecule has 0 radical (unpaired) electrons. The molecule has 0 saturated carbocycles. The minimum atomic E-state index is -1.04. The number of aliphatic carboxylic acids is 5. The van der Waals surface area contributed by atoms with Gasteiger partial charge in [-0.15, -0.1) is 0 Å². The quantitative estimate of drug-likeness (QED) is 0.0134. The van der Waals surface area contributed by atoms with Gasteiger partial charge >= 0.3 is 36.0 Å². The van der Waals surface area contributed by atoms with Gasteiger partial charge in [0.25, 0.3) is 0 Å². The lowest BCUT2D eigenvalue weighted by molar-refractivity contribution is -0.192. The molecule has 1 aliphatic rings. The molecule has 1 saturated heterocycles. The number of rotatable bonds is 25. The summed E-state index contributed by atoms with van der Waals surface area (Å²) >= 11 is 0. The van der Waals surface area contributed by atoms with Crippen molar-refractivity contribution in [2.24, 2.45) is 5.10 Å². The highest BCUT2D eigenvalue weighted by molar-refractivity contribution is 6.14. The molecule has 12 aromatic carbocycles. The van der Waals surface area contributed by atoms with E-state index in [-0.39, 0.29) is 51.2 Å². The van der Waals surface area contributed by atoms with E-state index in [9.17, 15) is 54.3 Å². The summed E-state index contributed by atoms with van der Waals surface area (Å²) in [6, 6.07) is 85.1. The maximum atomic E-state index is 12.1. The van der Waals surface area contributed by atoms with Gasteiger partial charge in [0, 0.05) is 98.6 Å². The number of hydrazine groups is 3. The fourth-order valence-corrected chi connectivity index (χ4v) is 16.0. The van der Waals surface area contributed by atoms with Crippen LogP contribution in [0.3, 0.4) is 0 Å². The highest BCUT2D eigenvalue weighted by Gasteiger charge is 2.31. The van der Waals surface area contributed by atoms with Crippen molar-refractivity contribution in [3.63, 3.8) is 0 Å². The second-order valence-corrected chi connectivity index (χ2v) is 29.9. The van der Waals surface area contributed by atoms with Gasteiger partial charge in [-0.05, 0) is 110 Å². The zero-order valence-electron chi connectivity index (χ0n) is 71.9. The van der Waals surface area contributed by atoms with E-state index in [2.05, 4.69) is 132 Å². The third-order valence-electron chi connectivity index (χ3n) is 21.4. The zero-order chi connectivity index (χ0) is 91.1. The number of benzene rings is 12. The number of carboxylic acid groups (broad SMARTS) is 5. The fraction of sp³-hybridized carbons (Fsp3) is 0.188. The Hall–Kier alpha value is -15.7. The number of piperidine rings is 1. The van der Waals surface area contributed by atoms with E-state index in [1.807, 2.05) is 194 Å². The monoisotopic (exact) mass is 1720 g/mol. The average molecular weight is 1720 g/mol. The van der Waals surface area contributed by atoms with Gasteiger partial charge in [0.05, 0.1) is 92.4 Å². The van der Waals surface area contributed by atoms with E-state index in [1.54, 1.807) is 31.0 Å². The Morgan fingerprint density at radius 1 is 0.430 bits per heavy atom. The molecule has 0 unspecified atom stereocenters. The SMILES string of the molecule is C=C1CC(=O)CN(N(CC(=O)O)c2c3ccccc3nc3ccccc23)C1.CCN(CC(=O)O)N(CC(=O)O)c1c2ccccc2nc2ccccc12.CCN(CC(=O)O)N(CC(=O)O)c1c2ccccc2nc2ccccc12.CCN(CC)c1c2ccccc2cc2ccccc12.COc1cc(C)cc(C)c1/C=N/Nc1c2ccccc2nc2ccccc12.O=C=O. The van der Waals surface area contributed by atoms with Gasteiger partial charge in [0.15, 0.2) is 5.78 Å². The number of fused-ring (bicyclic) bond motifs is 10. The number of aryl methyl sites for hydroxylation is 2. The number of ketones is 1. The van der Waals surface area contributed by atoms with Crippen LogP contribution in [0.25, 0.3) is 109 Å². The van der Waals surface area contributed by atoms with Crippen molar-refractivity contribution in [2.75, 3.05) is 104 Å². The first-order chi connectivity index (χ1) is 62.0. The second-order valence-electron chi connectivity index (χ2n) is 29.9. The molecule has 16 aromatic rings. The number of likely N-dealkylation sites (N-methyl/N-ethyl adjacent to an activating group) is 2. The van der Waals surface area contributed by atoms with Gasteiger partial charge in [-0.1, -0.05) is 226 Å². The molecule has 0 atom stereocenters. The summed E-state index contributed by atoms with van der Waals surface area (Å²) in [6.45, 7) is 18.0. The lowest BCUT2D eigenvalue weighted by Crippen LogP contribution is -2.51. The van der Waals surface area contributed by atoms with Crippen LogP contribution in [0, 0.1) is 13.8 Å². The summed E-state index contributed by atoms with van der Waals surface area (Å²) in [5, 5.41) is 73.2. The smallest absolute Gasteiger partial charge is 0.373 e. The summed E-state index contributed by atoms with van der Waals surface area (Å²) < 4.78 is 5.52. The van der Waals surface area contributed by atoms with Crippen LogP contribution < -0.4 is 30.1 Å². The number of anilines is 5. The molecule has 1 aliphatic heterocycles. The van der Waals surface area contributed by atoms with Crippen molar-refractivity contribution in [2.45, 2.75) is 48.0 Å². The average Bonchev–Trinajstić information content (AvgIpc) is 0.766. The highest BCUT2D eigenvalue weighted by Crippen LogP contribution is 2.41. The molecule has 128 heavy (non-hydrogen) atoms. The second kappa shape index (κ2) is 43.1. The number of carbonyl (C=O) groups excluding carboxylic acids is 3.